The Morgan fingerprint density at radius 3 is 1.05 bits per heavy atom. The summed E-state index contributed by atoms with van der Waals surface area (Å²) in [4.78, 5) is 24.4. The highest BCUT2D eigenvalue weighted by atomic mass is 16.5. The van der Waals surface area contributed by atoms with Crippen LogP contribution in [0.1, 0.15) is 328 Å². The Hall–Kier alpha value is -1.40. The van der Waals surface area contributed by atoms with Crippen LogP contribution in [0.5, 0.6) is 0 Å². The molecule has 0 aliphatic carbocycles. The van der Waals surface area contributed by atoms with Gasteiger partial charge in [0.15, 0.2) is 0 Å². The molecular formula is C59H115NO5. The first-order valence-corrected chi connectivity index (χ1v) is 29.5. The van der Waals surface area contributed by atoms with Gasteiger partial charge in [0.1, 0.15) is 0 Å². The van der Waals surface area contributed by atoms with Gasteiger partial charge in [0.2, 0.25) is 5.91 Å². The van der Waals surface area contributed by atoms with Crippen molar-refractivity contribution in [2.45, 2.75) is 341 Å². The van der Waals surface area contributed by atoms with Gasteiger partial charge in [0, 0.05) is 12.8 Å². The Bertz CT molecular complexity index is 970. The number of allylic oxidation sites excluding steroid dienone is 1. The summed E-state index contributed by atoms with van der Waals surface area (Å²) < 4.78 is 5.47. The normalized spacial score (nSPS) is 12.6. The first-order chi connectivity index (χ1) is 32.0. The van der Waals surface area contributed by atoms with E-state index in [9.17, 15) is 19.8 Å². The first kappa shape index (κ1) is 63.6. The molecule has 0 aliphatic rings. The summed E-state index contributed by atoms with van der Waals surface area (Å²) in [6.07, 6.45) is 65.4. The Morgan fingerprint density at radius 1 is 0.415 bits per heavy atom. The fourth-order valence-corrected chi connectivity index (χ4v) is 9.28. The molecule has 0 aromatic rings. The molecule has 386 valence electrons. The predicted octanol–water partition coefficient (Wildman–Crippen LogP) is 18.1. The molecular weight excluding hydrogens is 803 g/mol. The number of carbonyl (C=O) groups excluding carboxylic acids is 2. The Balaban J connectivity index is 3.34. The molecule has 0 heterocycles. The SMILES string of the molecule is CCCCCCCCCCC/C=C/C(O)C(CO)NC(=O)CCCCCCCCCCCCCCCCCCCCCCCCCCCCOC(=O)CCCCCCCCCCCCC. The summed E-state index contributed by atoms with van der Waals surface area (Å²) >= 11 is 0. The number of aliphatic hydroxyl groups excluding tert-OH is 2. The highest BCUT2D eigenvalue weighted by Crippen LogP contribution is 2.18. The van der Waals surface area contributed by atoms with Crippen molar-refractivity contribution in [3.05, 3.63) is 12.2 Å². The van der Waals surface area contributed by atoms with E-state index in [1.54, 1.807) is 6.08 Å². The van der Waals surface area contributed by atoms with E-state index in [4.69, 9.17) is 4.74 Å². The molecule has 0 saturated carbocycles. The highest BCUT2D eigenvalue weighted by molar-refractivity contribution is 5.76. The van der Waals surface area contributed by atoms with Gasteiger partial charge in [-0.25, -0.2) is 0 Å². The molecule has 3 N–H and O–H groups in total. The number of nitrogens with one attached hydrogen (secondary N) is 1. The van der Waals surface area contributed by atoms with E-state index in [0.717, 1.165) is 38.5 Å². The van der Waals surface area contributed by atoms with E-state index in [2.05, 4.69) is 19.2 Å². The van der Waals surface area contributed by atoms with Crippen molar-refractivity contribution in [3.63, 3.8) is 0 Å². The molecule has 0 aromatic carbocycles. The van der Waals surface area contributed by atoms with E-state index < -0.39 is 12.1 Å². The molecule has 6 heteroatoms. The van der Waals surface area contributed by atoms with Crippen LogP contribution in [-0.2, 0) is 14.3 Å². The Morgan fingerprint density at radius 2 is 0.708 bits per heavy atom. The third-order valence-corrected chi connectivity index (χ3v) is 13.8. The number of aliphatic hydroxyl groups is 2. The van der Waals surface area contributed by atoms with E-state index in [1.165, 1.54) is 263 Å². The number of esters is 1. The number of ether oxygens (including phenoxy) is 1. The fraction of sp³-hybridized carbons (Fsp3) is 0.932. The van der Waals surface area contributed by atoms with Crippen LogP contribution in [0.15, 0.2) is 12.2 Å². The fourth-order valence-electron chi connectivity index (χ4n) is 9.28. The highest BCUT2D eigenvalue weighted by Gasteiger charge is 2.18. The lowest BCUT2D eigenvalue weighted by Gasteiger charge is -2.20. The van der Waals surface area contributed by atoms with Crippen molar-refractivity contribution in [2.24, 2.45) is 0 Å². The second kappa shape index (κ2) is 55.2. The zero-order valence-electron chi connectivity index (χ0n) is 44.0. The van der Waals surface area contributed by atoms with Crippen molar-refractivity contribution in [2.75, 3.05) is 13.2 Å². The van der Waals surface area contributed by atoms with Crippen LogP contribution in [0.4, 0.5) is 0 Å². The van der Waals surface area contributed by atoms with Gasteiger partial charge in [-0.1, -0.05) is 296 Å². The van der Waals surface area contributed by atoms with Crippen LogP contribution < -0.4 is 5.32 Å². The maximum atomic E-state index is 12.4. The van der Waals surface area contributed by atoms with E-state index in [0.29, 0.717) is 19.4 Å². The Labute approximate surface area is 406 Å². The first-order valence-electron chi connectivity index (χ1n) is 29.5. The van der Waals surface area contributed by atoms with Crippen molar-refractivity contribution < 1.29 is 24.5 Å². The maximum Gasteiger partial charge on any atom is 0.305 e. The van der Waals surface area contributed by atoms with E-state index >= 15 is 0 Å². The third-order valence-electron chi connectivity index (χ3n) is 13.8. The third kappa shape index (κ3) is 51.8. The molecule has 0 aromatic heterocycles. The number of carbonyl (C=O) groups is 2. The number of amides is 1. The monoisotopic (exact) mass is 918 g/mol. The molecule has 2 atom stereocenters. The second-order valence-corrected chi connectivity index (χ2v) is 20.3. The van der Waals surface area contributed by atoms with Gasteiger partial charge in [0.05, 0.1) is 25.4 Å². The molecule has 0 aliphatic heterocycles. The lowest BCUT2D eigenvalue weighted by molar-refractivity contribution is -0.143. The smallest absolute Gasteiger partial charge is 0.305 e. The summed E-state index contributed by atoms with van der Waals surface area (Å²) in [6, 6.07) is -0.623. The molecule has 0 rings (SSSR count). The van der Waals surface area contributed by atoms with Crippen molar-refractivity contribution in [1.29, 1.82) is 0 Å². The van der Waals surface area contributed by atoms with Crippen molar-refractivity contribution in [1.82, 2.24) is 5.32 Å². The average Bonchev–Trinajstić information content (AvgIpc) is 3.31. The number of rotatable bonds is 55. The number of unbranched alkanes of at least 4 members (excludes halogenated alkanes) is 44. The van der Waals surface area contributed by atoms with Gasteiger partial charge in [-0.2, -0.15) is 0 Å². The largest absolute Gasteiger partial charge is 0.466 e. The zero-order valence-corrected chi connectivity index (χ0v) is 44.0. The van der Waals surface area contributed by atoms with Gasteiger partial charge in [0.25, 0.3) is 0 Å². The minimum Gasteiger partial charge on any atom is -0.466 e. The molecule has 0 bridgehead atoms. The van der Waals surface area contributed by atoms with Gasteiger partial charge in [-0.05, 0) is 32.1 Å². The molecule has 0 radical (unpaired) electrons. The van der Waals surface area contributed by atoms with Gasteiger partial charge in [-0.15, -0.1) is 0 Å². The topological polar surface area (TPSA) is 95.9 Å². The standard InChI is InChI=1S/C59H115NO5/c1-3-5-7-9-11-13-31-35-39-43-47-51-57(62)56(55-61)60-58(63)52-48-44-40-36-33-29-27-25-23-21-19-17-15-16-18-20-22-24-26-28-30-34-38-42-46-50-54-65-59(64)53-49-45-41-37-32-14-12-10-8-6-4-2/h47,51,56-57,61-62H,3-46,48-50,52-55H2,1-2H3,(H,60,63)/b51-47+. The van der Waals surface area contributed by atoms with Crippen LogP contribution in [-0.4, -0.2) is 47.4 Å². The molecule has 0 fully saturated rings. The minimum atomic E-state index is -0.840. The number of hydrogen-bond donors (Lipinski definition) is 3. The quantitative estimate of drug-likeness (QED) is 0.0321. The lowest BCUT2D eigenvalue weighted by atomic mass is 10.0. The molecule has 6 nitrogen and oxygen atoms in total. The minimum absolute atomic E-state index is 0.0167. The average molecular weight is 919 g/mol. The molecule has 2 unspecified atom stereocenters. The summed E-state index contributed by atoms with van der Waals surface area (Å²) in [5.74, 6) is -0.0490. The molecule has 1 amide bonds. The van der Waals surface area contributed by atoms with Crippen molar-refractivity contribution in [3.8, 4) is 0 Å². The van der Waals surface area contributed by atoms with E-state index in [1.807, 2.05) is 6.08 Å². The van der Waals surface area contributed by atoms with Crippen LogP contribution in [0, 0.1) is 0 Å². The van der Waals surface area contributed by atoms with Crippen LogP contribution in [0.2, 0.25) is 0 Å². The Kier molecular flexibility index (Phi) is 54.0. The van der Waals surface area contributed by atoms with Crippen molar-refractivity contribution >= 4 is 11.9 Å². The molecule has 0 spiro atoms. The summed E-state index contributed by atoms with van der Waals surface area (Å²) in [5, 5.41) is 23.0. The second-order valence-electron chi connectivity index (χ2n) is 20.3. The summed E-state index contributed by atoms with van der Waals surface area (Å²) in [6.45, 7) is 4.90. The van der Waals surface area contributed by atoms with Gasteiger partial charge >= 0.3 is 5.97 Å². The van der Waals surface area contributed by atoms with Crippen LogP contribution in [0.25, 0.3) is 0 Å². The predicted molar refractivity (Wildman–Crippen MR) is 283 cm³/mol. The van der Waals surface area contributed by atoms with Crippen LogP contribution in [0.3, 0.4) is 0 Å². The summed E-state index contributed by atoms with van der Waals surface area (Å²) in [5.41, 5.74) is 0. The lowest BCUT2D eigenvalue weighted by Crippen LogP contribution is -2.45. The van der Waals surface area contributed by atoms with E-state index in [-0.39, 0.29) is 18.5 Å². The zero-order chi connectivity index (χ0) is 47.2. The number of hydrogen-bond acceptors (Lipinski definition) is 5. The van der Waals surface area contributed by atoms with Gasteiger partial charge < -0.3 is 20.3 Å². The molecule has 65 heavy (non-hydrogen) atoms. The maximum absolute atomic E-state index is 12.4. The molecule has 0 saturated heterocycles. The van der Waals surface area contributed by atoms with Gasteiger partial charge in [-0.3, -0.25) is 9.59 Å². The summed E-state index contributed by atoms with van der Waals surface area (Å²) in [7, 11) is 0. The van der Waals surface area contributed by atoms with Crippen LogP contribution >= 0.6 is 0 Å².